The van der Waals surface area contributed by atoms with E-state index in [1.807, 2.05) is 0 Å². The Morgan fingerprint density at radius 1 is 0.514 bits per heavy atom. The van der Waals surface area contributed by atoms with E-state index in [-0.39, 0.29) is 0 Å². The molecule has 1 saturated heterocycles. The first-order chi connectivity index (χ1) is 17.3. The quantitative estimate of drug-likeness (QED) is 0.186. The molecule has 1 fully saturated rings. The fourth-order valence-corrected chi connectivity index (χ4v) is 4.77. The van der Waals surface area contributed by atoms with Gasteiger partial charge in [0.25, 0.3) is 0 Å². The van der Waals surface area contributed by atoms with Crippen LogP contribution in [0.1, 0.15) is 122 Å². The Morgan fingerprint density at radius 2 is 0.914 bits per heavy atom. The first kappa shape index (κ1) is 35.1. The number of nitrogens with zero attached hydrogens (tertiary/aromatic N) is 1. The van der Waals surface area contributed by atoms with Crippen molar-refractivity contribution in [3.8, 4) is 0 Å². The number of hydrogen-bond donors (Lipinski definition) is 3. The van der Waals surface area contributed by atoms with Crippen LogP contribution in [0, 0.1) is 0 Å². The summed E-state index contributed by atoms with van der Waals surface area (Å²) in [6, 6.07) is 0. The van der Waals surface area contributed by atoms with Gasteiger partial charge in [-0.2, -0.15) is 0 Å². The summed E-state index contributed by atoms with van der Waals surface area (Å²) < 4.78 is 17.0. The van der Waals surface area contributed by atoms with Crippen molar-refractivity contribution in [3.05, 3.63) is 0 Å². The maximum atomic E-state index is 8.48. The van der Waals surface area contributed by atoms with Crippen LogP contribution in [0.15, 0.2) is 0 Å². The molecule has 0 bridgehead atoms. The molecule has 0 atom stereocenters. The zero-order chi connectivity index (χ0) is 25.5. The van der Waals surface area contributed by atoms with Gasteiger partial charge in [-0.05, 0) is 52.0 Å². The maximum absolute atomic E-state index is 8.48. The van der Waals surface area contributed by atoms with Crippen LogP contribution in [0.2, 0.25) is 0 Å². The van der Waals surface area contributed by atoms with E-state index in [1.54, 1.807) is 0 Å². The van der Waals surface area contributed by atoms with Crippen molar-refractivity contribution in [2.75, 3.05) is 58.9 Å². The van der Waals surface area contributed by atoms with Crippen LogP contribution in [-0.4, -0.2) is 63.8 Å². The third-order valence-corrected chi connectivity index (χ3v) is 6.95. The molecule has 7 heteroatoms. The average Bonchev–Trinajstić information content (AvgIpc) is 2.86. The molecule has 1 aliphatic heterocycles. The van der Waals surface area contributed by atoms with Crippen LogP contribution in [0.25, 0.3) is 0 Å². The first-order valence-electron chi connectivity index (χ1n) is 15.1. The summed E-state index contributed by atoms with van der Waals surface area (Å²) in [6.45, 7) is 12.9. The second kappa shape index (κ2) is 32.1. The Kier molecular flexibility index (Phi) is 32.2. The molecule has 211 valence electrons. The van der Waals surface area contributed by atoms with Crippen LogP contribution in [0.4, 0.5) is 0 Å². The minimum atomic E-state index is -1.91. The van der Waals surface area contributed by atoms with Crippen molar-refractivity contribution in [1.29, 1.82) is 0 Å². The Bertz CT molecular complexity index is 423. The second-order valence-electron chi connectivity index (χ2n) is 10.2. The molecule has 35 heavy (non-hydrogen) atoms. The van der Waals surface area contributed by atoms with Gasteiger partial charge in [0.2, 0.25) is 0 Å². The molecule has 0 spiro atoms. The van der Waals surface area contributed by atoms with Gasteiger partial charge in [-0.3, -0.25) is 0 Å². The standard InChI is InChI=1S/C28H60N4.2O.Tc/c1-2-3-4-5-6-7-8-9-10-11-12-13-14-15-16-17-26-32-27-19-22-30-24-23-29-20-18-21-31-25-28-32;;;/h29-31H,2-28H2,1H3;;;. The Hall–Kier alpha value is 0.0894. The topological polar surface area (TPSA) is 73.5 Å². The summed E-state index contributed by atoms with van der Waals surface area (Å²) in [7, 11) is 0. The Morgan fingerprint density at radius 3 is 1.40 bits per heavy atom. The van der Waals surface area contributed by atoms with Gasteiger partial charge in [0.05, 0.1) is 0 Å². The molecule has 0 aromatic heterocycles. The predicted octanol–water partition coefficient (Wildman–Crippen LogP) is 5.87. The molecule has 0 aromatic carbocycles. The second-order valence-corrected chi connectivity index (χ2v) is 10.5. The normalized spacial score (nSPS) is 16.7. The van der Waals surface area contributed by atoms with E-state index in [0.29, 0.717) is 0 Å². The molecule has 0 unspecified atom stereocenters. The molecule has 1 heterocycles. The van der Waals surface area contributed by atoms with E-state index in [0.717, 1.165) is 39.3 Å². The third kappa shape index (κ3) is 30.2. The van der Waals surface area contributed by atoms with Gasteiger partial charge < -0.3 is 20.9 Å². The van der Waals surface area contributed by atoms with Crippen LogP contribution in [-0.2, 0) is 24.6 Å². The average molecular weight is 583 g/mol. The van der Waals surface area contributed by atoms with E-state index >= 15 is 0 Å². The molecule has 6 nitrogen and oxygen atoms in total. The molecule has 0 saturated carbocycles. The molecular weight excluding hydrogens is 522 g/mol. The van der Waals surface area contributed by atoms with Gasteiger partial charge in [-0.25, -0.2) is 0 Å². The zero-order valence-corrected chi connectivity index (χ0v) is 25.1. The van der Waals surface area contributed by atoms with Gasteiger partial charge in [-0.1, -0.05) is 103 Å². The fourth-order valence-electron chi connectivity index (χ4n) is 4.77. The van der Waals surface area contributed by atoms with Gasteiger partial charge in [0.15, 0.2) is 0 Å². The Labute approximate surface area is 226 Å². The minimum absolute atomic E-state index is 1.10. The van der Waals surface area contributed by atoms with E-state index in [2.05, 4.69) is 27.8 Å². The van der Waals surface area contributed by atoms with Gasteiger partial charge in [0, 0.05) is 26.2 Å². The molecule has 0 amide bonds. The summed E-state index contributed by atoms with van der Waals surface area (Å²) in [6.07, 6.45) is 25.7. The van der Waals surface area contributed by atoms with Crippen LogP contribution < -0.4 is 16.0 Å². The van der Waals surface area contributed by atoms with Crippen molar-refractivity contribution >= 4 is 0 Å². The summed E-state index contributed by atoms with van der Waals surface area (Å²) in [5, 5.41) is 10.7. The van der Waals surface area contributed by atoms with Crippen molar-refractivity contribution in [3.63, 3.8) is 0 Å². The van der Waals surface area contributed by atoms with Crippen LogP contribution >= 0.6 is 0 Å². The molecule has 0 aliphatic carbocycles. The number of nitrogens with one attached hydrogen (secondary N) is 3. The number of hydrogen-bond acceptors (Lipinski definition) is 6. The van der Waals surface area contributed by atoms with Gasteiger partial charge in [-0.15, -0.1) is 0 Å². The van der Waals surface area contributed by atoms with E-state index in [1.165, 1.54) is 135 Å². The van der Waals surface area contributed by atoms with Crippen LogP contribution in [0.3, 0.4) is 0 Å². The summed E-state index contributed by atoms with van der Waals surface area (Å²) >= 11 is -1.91. The molecule has 0 aromatic rings. The summed E-state index contributed by atoms with van der Waals surface area (Å²) in [5.74, 6) is 0. The SMILES string of the molecule is CCCCCCCCCCCCCCCCCCN1CCCNCCNCCCNCC1.[O]=[Tc]=[O]. The molecule has 1 rings (SSSR count). The van der Waals surface area contributed by atoms with E-state index < -0.39 is 17.6 Å². The van der Waals surface area contributed by atoms with Crippen molar-refractivity contribution in [2.45, 2.75) is 122 Å². The van der Waals surface area contributed by atoms with Crippen LogP contribution in [0.5, 0.6) is 0 Å². The number of rotatable bonds is 17. The first-order valence-corrected chi connectivity index (χ1v) is 16.6. The summed E-state index contributed by atoms with van der Waals surface area (Å²) in [4.78, 5) is 2.70. The molecule has 1 aliphatic rings. The molecule has 3 N–H and O–H groups in total. The van der Waals surface area contributed by atoms with Gasteiger partial charge >= 0.3 is 24.6 Å². The Balaban J connectivity index is 0.00000365. The predicted molar refractivity (Wildman–Crippen MR) is 145 cm³/mol. The van der Waals surface area contributed by atoms with Crippen molar-refractivity contribution in [2.24, 2.45) is 0 Å². The molecular formula is C28H60N4O2Tc. The van der Waals surface area contributed by atoms with Crippen molar-refractivity contribution < 1.29 is 24.6 Å². The molecule has 0 radical (unpaired) electrons. The fraction of sp³-hybridized carbons (Fsp3) is 1.00. The zero-order valence-electron chi connectivity index (χ0n) is 23.2. The monoisotopic (exact) mass is 581 g/mol. The van der Waals surface area contributed by atoms with E-state index in [4.69, 9.17) is 7.01 Å². The summed E-state index contributed by atoms with van der Waals surface area (Å²) in [5.41, 5.74) is 0. The van der Waals surface area contributed by atoms with Crippen molar-refractivity contribution in [1.82, 2.24) is 20.9 Å². The van der Waals surface area contributed by atoms with E-state index in [9.17, 15) is 0 Å². The van der Waals surface area contributed by atoms with Gasteiger partial charge in [0.1, 0.15) is 0 Å². The number of unbranched alkanes of at least 4 members (excludes halogenated alkanes) is 15. The third-order valence-electron chi connectivity index (χ3n) is 6.95.